The largest absolute Gasteiger partial charge is 0.378 e. The van der Waals surface area contributed by atoms with Crippen molar-refractivity contribution < 1.29 is 9.53 Å². The average Bonchev–Trinajstić information content (AvgIpc) is 2.29. The van der Waals surface area contributed by atoms with Crippen molar-refractivity contribution in [1.29, 1.82) is 0 Å². The number of pyridine rings is 1. The summed E-state index contributed by atoms with van der Waals surface area (Å²) in [5.41, 5.74) is 4.41. The molecule has 2 rings (SSSR count). The molecule has 1 unspecified atom stereocenters. The van der Waals surface area contributed by atoms with Crippen LogP contribution in [0, 0.1) is 6.92 Å². The monoisotopic (exact) mass is 219 g/mol. The number of hydrogen-bond donors (Lipinski definition) is 0. The molecule has 1 aromatic rings. The third-order valence-corrected chi connectivity index (χ3v) is 3.18. The highest BCUT2D eigenvalue weighted by Gasteiger charge is 2.23. The number of fused-ring (bicyclic) bond motifs is 1. The quantitative estimate of drug-likeness (QED) is 0.731. The zero-order valence-corrected chi connectivity index (χ0v) is 9.82. The summed E-state index contributed by atoms with van der Waals surface area (Å²) in [6.45, 7) is 2.60. The third kappa shape index (κ3) is 2.00. The van der Waals surface area contributed by atoms with Crippen LogP contribution in [-0.2, 0) is 22.6 Å². The number of rotatable bonds is 3. The highest BCUT2D eigenvalue weighted by Crippen LogP contribution is 2.31. The van der Waals surface area contributed by atoms with Gasteiger partial charge in [-0.1, -0.05) is 0 Å². The number of aromatic nitrogens is 1. The zero-order chi connectivity index (χ0) is 11.5. The van der Waals surface area contributed by atoms with E-state index < -0.39 is 0 Å². The first kappa shape index (κ1) is 11.3. The summed E-state index contributed by atoms with van der Waals surface area (Å²) in [6.07, 6.45) is 4.09. The van der Waals surface area contributed by atoms with E-state index in [0.717, 1.165) is 36.9 Å². The molecule has 1 heterocycles. The van der Waals surface area contributed by atoms with Gasteiger partial charge in [0.25, 0.3) is 0 Å². The number of aldehydes is 1. The highest BCUT2D eigenvalue weighted by molar-refractivity contribution is 5.63. The van der Waals surface area contributed by atoms with Gasteiger partial charge >= 0.3 is 0 Å². The molecule has 86 valence electrons. The molecule has 16 heavy (non-hydrogen) atoms. The summed E-state index contributed by atoms with van der Waals surface area (Å²) in [5, 5.41) is 0. The minimum atomic E-state index is -0.0146. The molecule has 0 saturated heterocycles. The van der Waals surface area contributed by atoms with Crippen molar-refractivity contribution in [3.05, 3.63) is 28.6 Å². The minimum absolute atomic E-state index is 0.0146. The van der Waals surface area contributed by atoms with Crippen LogP contribution in [0.25, 0.3) is 0 Å². The van der Waals surface area contributed by atoms with Crippen molar-refractivity contribution in [3.63, 3.8) is 0 Å². The average molecular weight is 219 g/mol. The standard InChI is InChI=1S/C13H17NO2/c1-9-6-11(8-16-2)14-13-10(7-15)4-3-5-12(9)13/h6-7,10H,3-5,8H2,1-2H3. The van der Waals surface area contributed by atoms with Gasteiger partial charge in [-0.15, -0.1) is 0 Å². The lowest BCUT2D eigenvalue weighted by Gasteiger charge is -2.22. The van der Waals surface area contributed by atoms with E-state index in [4.69, 9.17) is 4.74 Å². The number of aryl methyl sites for hydroxylation is 1. The fraction of sp³-hybridized carbons (Fsp3) is 0.538. The van der Waals surface area contributed by atoms with Crippen molar-refractivity contribution in [1.82, 2.24) is 4.98 Å². The van der Waals surface area contributed by atoms with Crippen LogP contribution < -0.4 is 0 Å². The number of carbonyl (C=O) groups excluding carboxylic acids is 1. The van der Waals surface area contributed by atoms with Gasteiger partial charge in [0, 0.05) is 7.11 Å². The van der Waals surface area contributed by atoms with E-state index in [2.05, 4.69) is 18.0 Å². The summed E-state index contributed by atoms with van der Waals surface area (Å²) in [5.74, 6) is -0.0146. The van der Waals surface area contributed by atoms with E-state index in [1.54, 1.807) is 7.11 Å². The molecule has 0 saturated carbocycles. The molecule has 0 radical (unpaired) electrons. The summed E-state index contributed by atoms with van der Waals surface area (Å²) in [6, 6.07) is 2.06. The maximum atomic E-state index is 11.0. The van der Waals surface area contributed by atoms with Gasteiger partial charge in [0.05, 0.1) is 23.9 Å². The van der Waals surface area contributed by atoms with Gasteiger partial charge in [-0.3, -0.25) is 4.98 Å². The van der Waals surface area contributed by atoms with Crippen molar-refractivity contribution in [3.8, 4) is 0 Å². The molecule has 1 aliphatic rings. The normalized spacial score (nSPS) is 19.2. The van der Waals surface area contributed by atoms with Gasteiger partial charge < -0.3 is 9.53 Å². The first-order valence-electron chi connectivity index (χ1n) is 5.69. The van der Waals surface area contributed by atoms with Gasteiger partial charge in [-0.25, -0.2) is 0 Å². The molecule has 3 nitrogen and oxygen atoms in total. The number of methoxy groups -OCH3 is 1. The fourth-order valence-corrected chi connectivity index (χ4v) is 2.42. The SMILES string of the molecule is COCc1cc(C)c2c(n1)C(C=O)CCC2. The van der Waals surface area contributed by atoms with Crippen molar-refractivity contribution in [2.75, 3.05) is 7.11 Å². The van der Waals surface area contributed by atoms with Crippen LogP contribution >= 0.6 is 0 Å². The summed E-state index contributed by atoms with van der Waals surface area (Å²) in [4.78, 5) is 15.6. The highest BCUT2D eigenvalue weighted by atomic mass is 16.5. The maximum absolute atomic E-state index is 11.0. The van der Waals surface area contributed by atoms with E-state index in [9.17, 15) is 4.79 Å². The fourth-order valence-electron chi connectivity index (χ4n) is 2.42. The van der Waals surface area contributed by atoms with Gasteiger partial charge in [0.15, 0.2) is 0 Å². The lowest BCUT2D eigenvalue weighted by molar-refractivity contribution is -0.109. The van der Waals surface area contributed by atoms with E-state index in [0.29, 0.717) is 6.61 Å². The second-order valence-electron chi connectivity index (χ2n) is 4.36. The number of nitrogens with zero attached hydrogens (tertiary/aromatic N) is 1. The zero-order valence-electron chi connectivity index (χ0n) is 9.82. The van der Waals surface area contributed by atoms with Crippen molar-refractivity contribution in [2.24, 2.45) is 0 Å². The molecule has 0 aromatic carbocycles. The van der Waals surface area contributed by atoms with E-state index >= 15 is 0 Å². The summed E-state index contributed by atoms with van der Waals surface area (Å²) < 4.78 is 5.09. The Balaban J connectivity index is 2.45. The Bertz CT molecular complexity index is 401. The molecule has 0 N–H and O–H groups in total. The predicted octanol–water partition coefficient (Wildman–Crippen LogP) is 2.16. The Hall–Kier alpha value is -1.22. The van der Waals surface area contributed by atoms with Crippen LogP contribution in [0.1, 0.15) is 41.3 Å². The van der Waals surface area contributed by atoms with Crippen LogP contribution in [0.5, 0.6) is 0 Å². The van der Waals surface area contributed by atoms with Crippen LogP contribution in [0.2, 0.25) is 0 Å². The maximum Gasteiger partial charge on any atom is 0.129 e. The second kappa shape index (κ2) is 4.74. The minimum Gasteiger partial charge on any atom is -0.378 e. The molecule has 3 heteroatoms. The van der Waals surface area contributed by atoms with Gasteiger partial charge in [-0.05, 0) is 43.4 Å². The second-order valence-corrected chi connectivity index (χ2v) is 4.36. The Kier molecular flexibility index (Phi) is 3.34. The van der Waals surface area contributed by atoms with Crippen LogP contribution in [-0.4, -0.2) is 18.4 Å². The molecule has 1 aliphatic carbocycles. The topological polar surface area (TPSA) is 39.2 Å². The van der Waals surface area contributed by atoms with Crippen molar-refractivity contribution >= 4 is 6.29 Å². The number of carbonyl (C=O) groups is 1. The Morgan fingerprint density at radius 1 is 1.62 bits per heavy atom. The molecule has 0 aliphatic heterocycles. The first-order valence-corrected chi connectivity index (χ1v) is 5.69. The number of hydrogen-bond acceptors (Lipinski definition) is 3. The van der Waals surface area contributed by atoms with Gasteiger partial charge in [0.1, 0.15) is 6.29 Å². The van der Waals surface area contributed by atoms with Gasteiger partial charge in [-0.2, -0.15) is 0 Å². The number of ether oxygens (including phenoxy) is 1. The Morgan fingerprint density at radius 2 is 2.44 bits per heavy atom. The Labute approximate surface area is 95.8 Å². The van der Waals surface area contributed by atoms with Crippen molar-refractivity contribution in [2.45, 2.75) is 38.7 Å². The lowest BCUT2D eigenvalue weighted by Crippen LogP contribution is -2.16. The molecular weight excluding hydrogens is 202 g/mol. The van der Waals surface area contributed by atoms with Gasteiger partial charge in [0.2, 0.25) is 0 Å². The lowest BCUT2D eigenvalue weighted by atomic mass is 9.85. The predicted molar refractivity (Wildman–Crippen MR) is 61.4 cm³/mol. The van der Waals surface area contributed by atoms with E-state index in [-0.39, 0.29) is 5.92 Å². The summed E-state index contributed by atoms with van der Waals surface area (Å²) in [7, 11) is 1.66. The molecule has 0 bridgehead atoms. The summed E-state index contributed by atoms with van der Waals surface area (Å²) >= 11 is 0. The molecule has 1 atom stereocenters. The third-order valence-electron chi connectivity index (χ3n) is 3.18. The van der Waals surface area contributed by atoms with Crippen LogP contribution in [0.4, 0.5) is 0 Å². The molecule has 1 aromatic heterocycles. The molecule has 0 spiro atoms. The smallest absolute Gasteiger partial charge is 0.129 e. The Morgan fingerprint density at radius 3 is 3.12 bits per heavy atom. The van der Waals surface area contributed by atoms with E-state index in [1.165, 1.54) is 11.1 Å². The first-order chi connectivity index (χ1) is 7.76. The molecular formula is C13H17NO2. The van der Waals surface area contributed by atoms with Crippen LogP contribution in [0.3, 0.4) is 0 Å². The van der Waals surface area contributed by atoms with Crippen LogP contribution in [0.15, 0.2) is 6.07 Å². The molecule has 0 fully saturated rings. The molecule has 0 amide bonds. The van der Waals surface area contributed by atoms with E-state index in [1.807, 2.05) is 0 Å².